The van der Waals surface area contributed by atoms with E-state index in [0.717, 1.165) is 16.2 Å². The molecule has 0 spiro atoms. The molecule has 4 rings (SSSR count). The van der Waals surface area contributed by atoms with Gasteiger partial charge in [0.1, 0.15) is 16.3 Å². The highest BCUT2D eigenvalue weighted by Crippen LogP contribution is 2.30. The van der Waals surface area contributed by atoms with Crippen molar-refractivity contribution in [2.75, 3.05) is 32.7 Å². The van der Waals surface area contributed by atoms with Crippen LogP contribution in [0.25, 0.3) is 0 Å². The molecule has 0 bridgehead atoms. The van der Waals surface area contributed by atoms with Crippen molar-refractivity contribution in [3.05, 3.63) is 52.4 Å². The van der Waals surface area contributed by atoms with Gasteiger partial charge in [0.05, 0.1) is 4.34 Å². The molecule has 12 heteroatoms. The zero-order valence-electron chi connectivity index (χ0n) is 17.2. The number of thiophene rings is 1. The molecule has 2 fully saturated rings. The molecule has 2 aromatic rings. The second-order valence-corrected chi connectivity index (χ2v) is 11.5. The molecule has 4 amide bonds. The smallest absolute Gasteiger partial charge is 0.325 e. The average molecular weight is 497 g/mol. The van der Waals surface area contributed by atoms with Gasteiger partial charge in [-0.15, -0.1) is 11.3 Å². The standard InChI is InChI=1S/C20H21ClN4O5S2/c1-20(14-5-3-2-4-6-14)18(27)25(19(28)22-20)13-16(26)23-9-11-24(12-10-23)32(29,30)17-8-7-15(21)31-17/h2-8H,9-13H2,1H3,(H,22,28). The number of nitrogens with zero attached hydrogens (tertiary/aromatic N) is 3. The molecule has 1 N–H and O–H groups in total. The first-order valence-electron chi connectivity index (χ1n) is 9.86. The summed E-state index contributed by atoms with van der Waals surface area (Å²) in [5.41, 5.74) is -0.617. The van der Waals surface area contributed by atoms with Crippen LogP contribution in [0.2, 0.25) is 4.34 Å². The number of sulfonamides is 1. The summed E-state index contributed by atoms with van der Waals surface area (Å²) in [4.78, 5) is 40.6. The number of benzene rings is 1. The number of imide groups is 1. The lowest BCUT2D eigenvalue weighted by atomic mass is 9.92. The Hall–Kier alpha value is -2.47. The lowest BCUT2D eigenvalue weighted by Crippen LogP contribution is -2.53. The van der Waals surface area contributed by atoms with Crippen molar-refractivity contribution in [2.45, 2.75) is 16.7 Å². The van der Waals surface area contributed by atoms with Crippen LogP contribution in [0.4, 0.5) is 4.79 Å². The van der Waals surface area contributed by atoms with Crippen molar-refractivity contribution < 1.29 is 22.8 Å². The van der Waals surface area contributed by atoms with Crippen LogP contribution in [0.15, 0.2) is 46.7 Å². The van der Waals surface area contributed by atoms with E-state index in [1.807, 2.05) is 6.07 Å². The Morgan fingerprint density at radius 1 is 1.09 bits per heavy atom. The van der Waals surface area contributed by atoms with Crippen LogP contribution in [-0.2, 0) is 25.2 Å². The summed E-state index contributed by atoms with van der Waals surface area (Å²) in [5.74, 6) is -0.917. The van der Waals surface area contributed by atoms with Gasteiger partial charge in [-0.25, -0.2) is 13.2 Å². The van der Waals surface area contributed by atoms with Crippen LogP contribution in [-0.4, -0.2) is 73.1 Å². The minimum Gasteiger partial charge on any atom is -0.338 e. The highest BCUT2D eigenvalue weighted by molar-refractivity contribution is 7.91. The topological polar surface area (TPSA) is 107 Å². The fourth-order valence-corrected chi connectivity index (χ4v) is 6.84. The van der Waals surface area contributed by atoms with Gasteiger partial charge in [0, 0.05) is 26.2 Å². The van der Waals surface area contributed by atoms with Crippen molar-refractivity contribution in [2.24, 2.45) is 0 Å². The molecule has 170 valence electrons. The van der Waals surface area contributed by atoms with Gasteiger partial charge >= 0.3 is 6.03 Å². The van der Waals surface area contributed by atoms with Crippen LogP contribution in [0.1, 0.15) is 12.5 Å². The maximum absolute atomic E-state index is 13.0. The summed E-state index contributed by atoms with van der Waals surface area (Å²) in [6.07, 6.45) is 0. The maximum atomic E-state index is 13.0. The number of hydrogen-bond donors (Lipinski definition) is 1. The van der Waals surface area contributed by atoms with Gasteiger partial charge in [-0.2, -0.15) is 4.31 Å². The number of piperazine rings is 1. The van der Waals surface area contributed by atoms with Gasteiger partial charge in [0.15, 0.2) is 0 Å². The first kappa shape index (κ1) is 22.7. The molecule has 1 aromatic carbocycles. The summed E-state index contributed by atoms with van der Waals surface area (Å²) >= 11 is 6.83. The Morgan fingerprint density at radius 2 is 1.75 bits per heavy atom. The number of carbonyl (C=O) groups excluding carboxylic acids is 3. The molecule has 1 unspecified atom stereocenters. The molecule has 2 saturated heterocycles. The number of halogens is 1. The van der Waals surface area contributed by atoms with Gasteiger partial charge in [0.2, 0.25) is 5.91 Å². The molecule has 3 heterocycles. The molecule has 32 heavy (non-hydrogen) atoms. The number of amides is 4. The van der Waals surface area contributed by atoms with E-state index < -0.39 is 40.0 Å². The second-order valence-electron chi connectivity index (χ2n) is 7.66. The molecule has 1 aromatic heterocycles. The molecular weight excluding hydrogens is 476 g/mol. The van der Waals surface area contributed by atoms with E-state index in [4.69, 9.17) is 11.6 Å². The second kappa shape index (κ2) is 8.47. The Balaban J connectivity index is 1.39. The van der Waals surface area contributed by atoms with Gasteiger partial charge in [0.25, 0.3) is 15.9 Å². The van der Waals surface area contributed by atoms with Crippen LogP contribution in [0.3, 0.4) is 0 Å². The summed E-state index contributed by atoms with van der Waals surface area (Å²) in [5, 5.41) is 2.67. The summed E-state index contributed by atoms with van der Waals surface area (Å²) in [6.45, 7) is 1.76. The third-order valence-corrected chi connectivity index (χ3v) is 9.25. The Bertz CT molecular complexity index is 1160. The molecule has 1 atom stereocenters. The van der Waals surface area contributed by atoms with E-state index in [0.29, 0.717) is 9.90 Å². The van der Waals surface area contributed by atoms with Crippen LogP contribution in [0.5, 0.6) is 0 Å². The number of urea groups is 1. The molecule has 0 aliphatic carbocycles. The summed E-state index contributed by atoms with van der Waals surface area (Å²) in [6, 6.07) is 11.2. The van der Waals surface area contributed by atoms with E-state index in [1.165, 1.54) is 21.3 Å². The van der Waals surface area contributed by atoms with Gasteiger partial charge in [-0.1, -0.05) is 41.9 Å². The quantitative estimate of drug-likeness (QED) is 0.634. The van der Waals surface area contributed by atoms with Crippen molar-refractivity contribution in [1.82, 2.24) is 19.4 Å². The Labute approximate surface area is 194 Å². The Morgan fingerprint density at radius 3 is 2.34 bits per heavy atom. The zero-order valence-corrected chi connectivity index (χ0v) is 19.5. The largest absolute Gasteiger partial charge is 0.338 e. The summed E-state index contributed by atoms with van der Waals surface area (Å²) < 4.78 is 27.3. The average Bonchev–Trinajstić information content (AvgIpc) is 3.32. The number of rotatable bonds is 5. The fraction of sp³-hybridized carbons (Fsp3) is 0.350. The SMILES string of the molecule is CC1(c2ccccc2)NC(=O)N(CC(=O)N2CCN(S(=O)(=O)c3ccc(Cl)s3)CC2)C1=O. The van der Waals surface area contributed by atoms with Crippen molar-refractivity contribution in [1.29, 1.82) is 0 Å². The van der Waals surface area contributed by atoms with Crippen LogP contribution < -0.4 is 5.32 Å². The lowest BCUT2D eigenvalue weighted by molar-refractivity contribution is -0.139. The molecule has 0 saturated carbocycles. The lowest BCUT2D eigenvalue weighted by Gasteiger charge is -2.34. The third-order valence-electron chi connectivity index (χ3n) is 5.65. The predicted octanol–water partition coefficient (Wildman–Crippen LogP) is 1.70. The van der Waals surface area contributed by atoms with Gasteiger partial charge in [-0.05, 0) is 24.6 Å². The number of hydrogen-bond acceptors (Lipinski definition) is 6. The Kier molecular flexibility index (Phi) is 6.01. The number of nitrogens with one attached hydrogen (secondary N) is 1. The van der Waals surface area contributed by atoms with E-state index in [-0.39, 0.29) is 30.4 Å². The molecule has 2 aliphatic rings. The van der Waals surface area contributed by atoms with E-state index >= 15 is 0 Å². The monoisotopic (exact) mass is 496 g/mol. The van der Waals surface area contributed by atoms with E-state index in [9.17, 15) is 22.8 Å². The maximum Gasteiger partial charge on any atom is 0.325 e. The van der Waals surface area contributed by atoms with Crippen LogP contribution in [0, 0.1) is 0 Å². The van der Waals surface area contributed by atoms with E-state index in [2.05, 4.69) is 5.32 Å². The van der Waals surface area contributed by atoms with Crippen LogP contribution >= 0.6 is 22.9 Å². The highest BCUT2D eigenvalue weighted by atomic mass is 35.5. The van der Waals surface area contributed by atoms with Gasteiger partial charge < -0.3 is 10.2 Å². The minimum atomic E-state index is -3.68. The molecule has 0 radical (unpaired) electrons. The predicted molar refractivity (Wildman–Crippen MR) is 119 cm³/mol. The molecule has 9 nitrogen and oxygen atoms in total. The van der Waals surface area contributed by atoms with Crippen molar-refractivity contribution in [3.8, 4) is 0 Å². The minimum absolute atomic E-state index is 0.117. The zero-order chi connectivity index (χ0) is 23.1. The highest BCUT2D eigenvalue weighted by Gasteiger charge is 2.49. The van der Waals surface area contributed by atoms with E-state index in [1.54, 1.807) is 31.2 Å². The number of carbonyl (C=O) groups is 3. The molecular formula is C20H21ClN4O5S2. The first-order valence-corrected chi connectivity index (χ1v) is 12.5. The summed E-state index contributed by atoms with van der Waals surface area (Å²) in [7, 11) is -3.68. The molecule has 2 aliphatic heterocycles. The van der Waals surface area contributed by atoms with Crippen molar-refractivity contribution in [3.63, 3.8) is 0 Å². The third kappa shape index (κ3) is 4.01. The fourth-order valence-electron chi connectivity index (χ4n) is 3.78. The normalized spacial score (nSPS) is 22.3. The van der Waals surface area contributed by atoms with Gasteiger partial charge in [-0.3, -0.25) is 14.5 Å². The van der Waals surface area contributed by atoms with Crippen molar-refractivity contribution >= 4 is 50.8 Å². The first-order chi connectivity index (χ1) is 15.1.